The first kappa shape index (κ1) is 14.3. The highest BCUT2D eigenvalue weighted by atomic mass is 16.5. The van der Waals surface area contributed by atoms with Gasteiger partial charge >= 0.3 is 5.97 Å². The van der Waals surface area contributed by atoms with E-state index in [0.717, 1.165) is 5.56 Å². The third-order valence-corrected chi connectivity index (χ3v) is 3.97. The molecule has 2 aliphatic rings. The number of ketones is 1. The molecule has 1 aromatic rings. The SMILES string of the molecule is COC(=O)C1=NNC(C)(C)C12OC(c1ccccc1)=CC2=O. The first-order valence-electron chi connectivity index (χ1n) is 6.86. The van der Waals surface area contributed by atoms with Crippen LogP contribution in [0.25, 0.3) is 5.76 Å². The van der Waals surface area contributed by atoms with Crippen LogP contribution in [0.2, 0.25) is 0 Å². The van der Waals surface area contributed by atoms with Gasteiger partial charge in [0.15, 0.2) is 5.71 Å². The number of nitrogens with one attached hydrogen (secondary N) is 1. The Morgan fingerprint density at radius 3 is 2.59 bits per heavy atom. The summed E-state index contributed by atoms with van der Waals surface area (Å²) in [6.07, 6.45) is 1.41. The molecule has 22 heavy (non-hydrogen) atoms. The lowest BCUT2D eigenvalue weighted by molar-refractivity contribution is -0.136. The lowest BCUT2D eigenvalue weighted by Crippen LogP contribution is -2.62. The number of hydrogen-bond acceptors (Lipinski definition) is 6. The zero-order valence-corrected chi connectivity index (χ0v) is 12.5. The Balaban J connectivity index is 2.05. The molecule has 1 aromatic carbocycles. The van der Waals surface area contributed by atoms with Gasteiger partial charge in [0.2, 0.25) is 11.4 Å². The molecule has 0 radical (unpaired) electrons. The first-order valence-corrected chi connectivity index (χ1v) is 6.86. The van der Waals surface area contributed by atoms with Gasteiger partial charge in [-0.25, -0.2) is 4.79 Å². The van der Waals surface area contributed by atoms with Crippen LogP contribution in [0.3, 0.4) is 0 Å². The van der Waals surface area contributed by atoms with Gasteiger partial charge in [-0.1, -0.05) is 30.3 Å². The van der Waals surface area contributed by atoms with E-state index in [0.29, 0.717) is 5.76 Å². The van der Waals surface area contributed by atoms with E-state index in [9.17, 15) is 9.59 Å². The molecule has 114 valence electrons. The zero-order valence-electron chi connectivity index (χ0n) is 12.5. The summed E-state index contributed by atoms with van der Waals surface area (Å²) in [6.45, 7) is 3.51. The number of carbonyl (C=O) groups excluding carboxylic acids is 2. The van der Waals surface area contributed by atoms with Gasteiger partial charge < -0.3 is 9.47 Å². The molecule has 0 amide bonds. The van der Waals surface area contributed by atoms with E-state index in [1.165, 1.54) is 13.2 Å². The van der Waals surface area contributed by atoms with Crippen molar-refractivity contribution >= 4 is 23.2 Å². The van der Waals surface area contributed by atoms with Crippen molar-refractivity contribution in [1.82, 2.24) is 5.43 Å². The summed E-state index contributed by atoms with van der Waals surface area (Å²) >= 11 is 0. The van der Waals surface area contributed by atoms with E-state index in [-0.39, 0.29) is 11.5 Å². The molecular formula is C16H16N2O4. The monoisotopic (exact) mass is 300 g/mol. The average Bonchev–Trinajstić information content (AvgIpc) is 2.99. The molecule has 0 fully saturated rings. The quantitative estimate of drug-likeness (QED) is 0.833. The van der Waals surface area contributed by atoms with Crippen molar-refractivity contribution in [3.05, 3.63) is 42.0 Å². The van der Waals surface area contributed by atoms with Gasteiger partial charge in [-0.15, -0.1) is 0 Å². The fraction of sp³-hybridized carbons (Fsp3) is 0.312. The fourth-order valence-corrected chi connectivity index (χ4v) is 2.75. The highest BCUT2D eigenvalue weighted by Crippen LogP contribution is 2.42. The van der Waals surface area contributed by atoms with Crippen LogP contribution in [0.5, 0.6) is 0 Å². The predicted octanol–water partition coefficient (Wildman–Crippen LogP) is 1.28. The summed E-state index contributed by atoms with van der Waals surface area (Å²) < 4.78 is 10.7. The summed E-state index contributed by atoms with van der Waals surface area (Å²) in [4.78, 5) is 24.7. The van der Waals surface area contributed by atoms with Crippen molar-refractivity contribution in [2.24, 2.45) is 5.10 Å². The Morgan fingerprint density at radius 1 is 1.27 bits per heavy atom. The summed E-state index contributed by atoms with van der Waals surface area (Å²) in [5.41, 5.74) is 1.12. The topological polar surface area (TPSA) is 77.0 Å². The van der Waals surface area contributed by atoms with E-state index in [1.807, 2.05) is 30.3 Å². The first-order chi connectivity index (χ1) is 10.4. The number of ether oxygens (including phenoxy) is 2. The number of methoxy groups -OCH3 is 1. The van der Waals surface area contributed by atoms with Crippen LogP contribution in [-0.2, 0) is 19.1 Å². The smallest absolute Gasteiger partial charge is 0.359 e. The molecular weight excluding hydrogens is 284 g/mol. The number of carbonyl (C=O) groups is 2. The summed E-state index contributed by atoms with van der Waals surface area (Å²) in [5.74, 6) is -0.599. The van der Waals surface area contributed by atoms with Crippen LogP contribution >= 0.6 is 0 Å². The number of esters is 1. The molecule has 3 rings (SSSR count). The molecule has 1 unspecified atom stereocenters. The maximum atomic E-state index is 12.7. The molecule has 6 heteroatoms. The number of hydrogen-bond donors (Lipinski definition) is 1. The van der Waals surface area contributed by atoms with Crippen LogP contribution in [0.15, 0.2) is 41.5 Å². The minimum Gasteiger partial charge on any atom is -0.469 e. The molecule has 0 saturated heterocycles. The highest BCUT2D eigenvalue weighted by molar-refractivity contribution is 6.47. The second kappa shape index (κ2) is 4.69. The van der Waals surface area contributed by atoms with Crippen LogP contribution in [-0.4, -0.2) is 35.7 Å². The van der Waals surface area contributed by atoms with E-state index in [1.54, 1.807) is 13.8 Å². The van der Waals surface area contributed by atoms with Gasteiger partial charge in [-0.05, 0) is 13.8 Å². The number of hydrazone groups is 1. The third kappa shape index (κ3) is 1.76. The maximum Gasteiger partial charge on any atom is 0.359 e. The summed E-state index contributed by atoms with van der Waals surface area (Å²) in [6, 6.07) is 9.24. The summed E-state index contributed by atoms with van der Waals surface area (Å²) in [7, 11) is 1.24. The summed E-state index contributed by atoms with van der Waals surface area (Å²) in [5, 5.41) is 3.99. The molecule has 1 N–H and O–H groups in total. The average molecular weight is 300 g/mol. The van der Waals surface area contributed by atoms with E-state index >= 15 is 0 Å². The lowest BCUT2D eigenvalue weighted by atomic mass is 9.78. The Morgan fingerprint density at radius 2 is 1.95 bits per heavy atom. The van der Waals surface area contributed by atoms with Gasteiger partial charge in [0.25, 0.3) is 0 Å². The molecule has 1 spiro atoms. The van der Waals surface area contributed by atoms with Gasteiger partial charge in [0, 0.05) is 11.6 Å². The molecule has 6 nitrogen and oxygen atoms in total. The van der Waals surface area contributed by atoms with Gasteiger partial charge in [-0.2, -0.15) is 5.10 Å². The Bertz CT molecular complexity index is 706. The second-order valence-electron chi connectivity index (χ2n) is 5.71. The maximum absolute atomic E-state index is 12.7. The fourth-order valence-electron chi connectivity index (χ4n) is 2.75. The normalized spacial score (nSPS) is 25.3. The van der Waals surface area contributed by atoms with Crippen LogP contribution in [0.1, 0.15) is 19.4 Å². The lowest BCUT2D eigenvalue weighted by Gasteiger charge is -2.35. The second-order valence-corrected chi connectivity index (χ2v) is 5.71. The molecule has 0 saturated carbocycles. The van der Waals surface area contributed by atoms with Crippen LogP contribution < -0.4 is 5.43 Å². The number of benzene rings is 1. The van der Waals surface area contributed by atoms with Crippen molar-refractivity contribution in [1.29, 1.82) is 0 Å². The number of rotatable bonds is 2. The van der Waals surface area contributed by atoms with Gasteiger partial charge in [0.05, 0.1) is 7.11 Å². The van der Waals surface area contributed by atoms with E-state index in [4.69, 9.17) is 9.47 Å². The zero-order chi connectivity index (χ0) is 16.0. The van der Waals surface area contributed by atoms with Crippen molar-refractivity contribution in [3.63, 3.8) is 0 Å². The largest absolute Gasteiger partial charge is 0.469 e. The van der Waals surface area contributed by atoms with Gasteiger partial charge in [0.1, 0.15) is 11.3 Å². The highest BCUT2D eigenvalue weighted by Gasteiger charge is 2.65. The molecule has 2 aliphatic heterocycles. The number of nitrogens with zero attached hydrogens (tertiary/aromatic N) is 1. The van der Waals surface area contributed by atoms with Crippen LogP contribution in [0, 0.1) is 0 Å². The standard InChI is InChI=1S/C16H16N2O4/c1-15(2)16(13(17-18-15)14(20)21-3)12(19)9-11(22-16)10-7-5-4-6-8-10/h4-9,18H,1-3H3. The van der Waals surface area contributed by atoms with E-state index < -0.39 is 17.1 Å². The Kier molecular flexibility index (Phi) is 3.05. The van der Waals surface area contributed by atoms with Crippen LogP contribution in [0.4, 0.5) is 0 Å². The minimum atomic E-state index is -1.51. The Labute approximate surface area is 127 Å². The third-order valence-electron chi connectivity index (χ3n) is 3.97. The van der Waals surface area contributed by atoms with Crippen molar-refractivity contribution in [2.75, 3.05) is 7.11 Å². The molecule has 1 atom stereocenters. The molecule has 0 aliphatic carbocycles. The van der Waals surface area contributed by atoms with Crippen molar-refractivity contribution < 1.29 is 19.1 Å². The van der Waals surface area contributed by atoms with E-state index in [2.05, 4.69) is 10.5 Å². The molecule has 0 aromatic heterocycles. The minimum absolute atomic E-state index is 0.0628. The van der Waals surface area contributed by atoms with Gasteiger partial charge in [-0.3, -0.25) is 10.2 Å². The molecule has 2 heterocycles. The molecule has 0 bridgehead atoms. The van der Waals surface area contributed by atoms with Crippen molar-refractivity contribution in [3.8, 4) is 0 Å². The predicted molar refractivity (Wildman–Crippen MR) is 79.9 cm³/mol. The Hall–Kier alpha value is -2.63. The van der Waals surface area contributed by atoms with Crippen molar-refractivity contribution in [2.45, 2.75) is 25.0 Å².